The number of aromatic hydroxyl groups is 2. The van der Waals surface area contributed by atoms with Gasteiger partial charge >= 0.3 is 0 Å². The number of ether oxygens (including phenoxy) is 1. The topological polar surface area (TPSA) is 113 Å². The zero-order valence-electron chi connectivity index (χ0n) is 35.2. The lowest BCUT2D eigenvalue weighted by Gasteiger charge is -2.51. The van der Waals surface area contributed by atoms with Gasteiger partial charge in [-0.15, -0.1) is 32.9 Å². The first-order valence-electron chi connectivity index (χ1n) is 21.3. The molecule has 2 fully saturated rings. The second kappa shape index (κ2) is 16.0. The van der Waals surface area contributed by atoms with Crippen LogP contribution in [0.4, 0.5) is 0 Å². The van der Waals surface area contributed by atoms with Gasteiger partial charge < -0.3 is 14.9 Å². The second-order valence-corrected chi connectivity index (χ2v) is 19.3. The molecule has 10 rings (SSSR count). The van der Waals surface area contributed by atoms with E-state index < -0.39 is 0 Å². The smallest absolute Gasteiger partial charge is 0.195 e. The predicted molar refractivity (Wildman–Crippen MR) is 248 cm³/mol. The molecular weight excluding hydrogens is 811 g/mol. The van der Waals surface area contributed by atoms with Crippen molar-refractivity contribution in [2.45, 2.75) is 59.4 Å². The lowest BCUT2D eigenvalue weighted by molar-refractivity contribution is 0.00471. The maximum atomic E-state index is 14.0. The van der Waals surface area contributed by atoms with Crippen molar-refractivity contribution < 1.29 is 19.7 Å². The number of thiophene rings is 2. The van der Waals surface area contributed by atoms with Gasteiger partial charge in [0.15, 0.2) is 11.6 Å². The average molecular weight is 858 g/mol. The molecule has 1 atom stereocenters. The molecule has 3 aromatic heterocycles. The number of hydrogen-bond acceptors (Lipinski definition) is 10. The molecule has 2 aliphatic heterocycles. The first kappa shape index (κ1) is 40.0. The van der Waals surface area contributed by atoms with Gasteiger partial charge in [0.1, 0.15) is 40.7 Å². The van der Waals surface area contributed by atoms with Gasteiger partial charge in [-0.25, -0.2) is 0 Å². The standard InChI is InChI=1S/C51H47N5O4S2/c1-30-32(3)61-50-44(30)46(52-31(2)49-54-53-33(4)56(49)50)36-9-7-34(8-10-36)5-6-35-28-51(29-35)21-23-55(24-22-51)25-26-60-41-18-13-37(14-19-41)47(59)45-42-20-17-40(58)27-43(42)62-48(45)38-11-15-39(57)16-12-38/h7-20,27,31,35,57-58H,21-26,28-29H2,1-4H3. The van der Waals surface area contributed by atoms with Crippen molar-refractivity contribution in [3.05, 3.63) is 141 Å². The fraction of sp³-hybridized carbons (Fsp3) is 0.294. The number of carbonyl (C=O) groups excluding carboxylic acids is 1. The Morgan fingerprint density at radius 3 is 2.32 bits per heavy atom. The summed E-state index contributed by atoms with van der Waals surface area (Å²) in [6.07, 6.45) is 4.73. The molecule has 11 heteroatoms. The van der Waals surface area contributed by atoms with Crippen LogP contribution in [0.3, 0.4) is 0 Å². The Morgan fingerprint density at radius 1 is 0.871 bits per heavy atom. The SMILES string of the molecule is Cc1sc2c(c1C)C(c1ccc(C#CC3CC4(CCN(CCOc5ccc(C(=O)c6c(-c7ccc(O)cc7)sc7cc(O)ccc67)cc5)CC4)C3)cc1)=NC(C)c1nnc(C)n1-2. The molecule has 1 saturated carbocycles. The number of phenols is 2. The van der Waals surface area contributed by atoms with Gasteiger partial charge in [0.2, 0.25) is 0 Å². The van der Waals surface area contributed by atoms with Crippen LogP contribution in [0.5, 0.6) is 17.2 Å². The number of fused-ring (bicyclic) bond motifs is 4. The summed E-state index contributed by atoms with van der Waals surface area (Å²) in [7, 11) is 0. The third-order valence-corrected chi connectivity index (χ3v) is 15.4. The zero-order valence-corrected chi connectivity index (χ0v) is 36.9. The number of nitrogens with zero attached hydrogens (tertiary/aromatic N) is 5. The maximum Gasteiger partial charge on any atom is 0.195 e. The third-order valence-electron chi connectivity index (χ3n) is 13.0. The van der Waals surface area contributed by atoms with Crippen LogP contribution in [-0.4, -0.2) is 67.6 Å². The van der Waals surface area contributed by atoms with Crippen molar-refractivity contribution in [3.8, 4) is 44.5 Å². The minimum absolute atomic E-state index is 0.0982. The quantitative estimate of drug-likeness (QED) is 0.116. The van der Waals surface area contributed by atoms with Crippen LogP contribution >= 0.6 is 22.7 Å². The highest BCUT2D eigenvalue weighted by molar-refractivity contribution is 7.22. The molecule has 1 unspecified atom stereocenters. The zero-order chi connectivity index (χ0) is 42.7. The monoisotopic (exact) mass is 857 g/mol. The maximum absolute atomic E-state index is 14.0. The molecule has 1 spiro atoms. The van der Waals surface area contributed by atoms with E-state index in [1.165, 1.54) is 53.0 Å². The minimum atomic E-state index is -0.105. The van der Waals surface area contributed by atoms with Crippen molar-refractivity contribution >= 4 is 44.3 Å². The minimum Gasteiger partial charge on any atom is -0.508 e. The van der Waals surface area contributed by atoms with Crippen molar-refractivity contribution in [2.75, 3.05) is 26.2 Å². The number of phenolic OH excluding ortho intramolecular Hbond substituents is 2. The van der Waals surface area contributed by atoms with E-state index >= 15 is 0 Å². The fourth-order valence-electron chi connectivity index (χ4n) is 9.39. The molecule has 3 aliphatic rings. The molecule has 312 valence electrons. The van der Waals surface area contributed by atoms with Gasteiger partial charge in [-0.05, 0) is 162 Å². The van der Waals surface area contributed by atoms with Gasteiger partial charge in [0.25, 0.3) is 0 Å². The van der Waals surface area contributed by atoms with Crippen LogP contribution in [0.1, 0.15) is 93.4 Å². The Bertz CT molecular complexity index is 2930. The number of benzene rings is 4. The summed E-state index contributed by atoms with van der Waals surface area (Å²) in [5.74, 6) is 10.3. The molecule has 0 bridgehead atoms. The number of likely N-dealkylation sites (tertiary alicyclic amines) is 1. The van der Waals surface area contributed by atoms with Crippen molar-refractivity contribution in [1.29, 1.82) is 0 Å². The number of aryl methyl sites for hydroxylation is 2. The van der Waals surface area contributed by atoms with Crippen LogP contribution in [0, 0.1) is 43.9 Å². The molecule has 7 aromatic rings. The van der Waals surface area contributed by atoms with Crippen LogP contribution < -0.4 is 4.74 Å². The second-order valence-electron chi connectivity index (χ2n) is 17.1. The van der Waals surface area contributed by atoms with E-state index in [1.807, 2.05) is 43.3 Å². The molecule has 1 aliphatic carbocycles. The summed E-state index contributed by atoms with van der Waals surface area (Å²) in [4.78, 5) is 23.8. The van der Waals surface area contributed by atoms with Gasteiger partial charge in [-0.2, -0.15) is 0 Å². The molecule has 0 amide bonds. The van der Waals surface area contributed by atoms with Crippen molar-refractivity contribution in [3.63, 3.8) is 0 Å². The van der Waals surface area contributed by atoms with Gasteiger partial charge in [-0.1, -0.05) is 24.0 Å². The summed E-state index contributed by atoms with van der Waals surface area (Å²) in [6.45, 7) is 12.0. The summed E-state index contributed by atoms with van der Waals surface area (Å²) in [5, 5.41) is 30.8. The van der Waals surface area contributed by atoms with Gasteiger partial charge in [0.05, 0.1) is 5.71 Å². The van der Waals surface area contributed by atoms with Crippen LogP contribution in [0.2, 0.25) is 0 Å². The normalized spacial score (nSPS) is 17.1. The molecular formula is C51H47N5O4S2. The molecule has 4 aromatic carbocycles. The average Bonchev–Trinajstić information content (AvgIpc) is 3.91. The van der Waals surface area contributed by atoms with E-state index in [-0.39, 0.29) is 23.3 Å². The third kappa shape index (κ3) is 7.40. The van der Waals surface area contributed by atoms with Crippen LogP contribution in [0.25, 0.3) is 25.5 Å². The molecule has 5 heterocycles. The van der Waals surface area contributed by atoms with Crippen LogP contribution in [0.15, 0.2) is 96.0 Å². The number of aliphatic imine (C=N–C) groups is 1. The van der Waals surface area contributed by atoms with E-state index in [1.54, 1.807) is 41.7 Å². The molecule has 0 radical (unpaired) electrons. The lowest BCUT2D eigenvalue weighted by atomic mass is 9.58. The van der Waals surface area contributed by atoms with Gasteiger partial charge in [-0.3, -0.25) is 19.3 Å². The largest absolute Gasteiger partial charge is 0.508 e. The Morgan fingerprint density at radius 2 is 1.58 bits per heavy atom. The number of piperidine rings is 1. The number of ketones is 1. The highest BCUT2D eigenvalue weighted by Crippen LogP contribution is 2.52. The highest BCUT2D eigenvalue weighted by atomic mass is 32.1. The van der Waals surface area contributed by atoms with E-state index in [4.69, 9.17) is 9.73 Å². The van der Waals surface area contributed by atoms with E-state index in [2.05, 4.69) is 76.5 Å². The fourth-order valence-corrected chi connectivity index (χ4v) is 11.8. The Kier molecular flexibility index (Phi) is 10.3. The Balaban J connectivity index is 0.712. The predicted octanol–water partition coefficient (Wildman–Crippen LogP) is 10.6. The number of aromatic nitrogens is 3. The molecule has 1 saturated heterocycles. The van der Waals surface area contributed by atoms with Crippen molar-refractivity contribution in [1.82, 2.24) is 19.7 Å². The lowest BCUT2D eigenvalue weighted by Crippen LogP contribution is -2.47. The number of hydrogen-bond donors (Lipinski definition) is 2. The summed E-state index contributed by atoms with van der Waals surface area (Å²) >= 11 is 3.24. The molecule has 9 nitrogen and oxygen atoms in total. The van der Waals surface area contributed by atoms with E-state index in [9.17, 15) is 15.0 Å². The van der Waals surface area contributed by atoms with Crippen molar-refractivity contribution in [2.24, 2.45) is 16.3 Å². The van der Waals surface area contributed by atoms with Crippen LogP contribution in [-0.2, 0) is 0 Å². The summed E-state index contributed by atoms with van der Waals surface area (Å²) in [5.41, 5.74) is 7.97. The summed E-state index contributed by atoms with van der Waals surface area (Å²) < 4.78 is 9.17. The summed E-state index contributed by atoms with van der Waals surface area (Å²) in [6, 6.07) is 27.8. The highest BCUT2D eigenvalue weighted by Gasteiger charge is 2.45. The van der Waals surface area contributed by atoms with E-state index in [0.717, 1.165) is 79.4 Å². The molecule has 2 N–H and O–H groups in total. The number of rotatable bonds is 8. The Hall–Kier alpha value is -6.06. The Labute approximate surface area is 369 Å². The van der Waals surface area contributed by atoms with E-state index in [0.29, 0.717) is 29.1 Å². The first-order chi connectivity index (χ1) is 30.0. The first-order valence-corrected chi connectivity index (χ1v) is 22.9. The number of carbonyl (C=O) groups is 1. The van der Waals surface area contributed by atoms with Gasteiger partial charge in [0, 0.05) is 60.1 Å². The molecule has 62 heavy (non-hydrogen) atoms.